The molecule has 0 fully saturated rings. The molecular weight excluding hydrogens is 715 g/mol. The Morgan fingerprint density at radius 2 is 0.780 bits per heavy atom. The van der Waals surface area contributed by atoms with E-state index < -0.39 is 5.41 Å². The van der Waals surface area contributed by atoms with Crippen molar-refractivity contribution >= 4 is 60.5 Å². The smallest absolute Gasteiger partial charge is 0.135 e. The summed E-state index contributed by atoms with van der Waals surface area (Å²) < 4.78 is 6.34. The van der Waals surface area contributed by atoms with Crippen molar-refractivity contribution in [1.82, 2.24) is 0 Å². The molecule has 274 valence electrons. The number of rotatable bonds is 4. The lowest BCUT2D eigenvalue weighted by molar-refractivity contribution is 0.669. The van der Waals surface area contributed by atoms with Crippen LogP contribution in [0.15, 0.2) is 217 Å². The van der Waals surface area contributed by atoms with Gasteiger partial charge >= 0.3 is 0 Å². The standard InChI is InChI=1S/C57H35NO/c1-2-12-37-31-38(22-21-36(37)11-1)39-23-24-41-33-42(26-25-40(41)32-39)58(43-28-30-56-50(34-43)49-16-6-10-20-55(49)59-56)44-27-29-48-47-15-5-9-19-53(47)57(54(48)35-44)51-17-7-3-13-45(51)46-14-4-8-18-52(46)57/h1-35H. The van der Waals surface area contributed by atoms with Crippen molar-refractivity contribution in [3.63, 3.8) is 0 Å². The Morgan fingerprint density at radius 1 is 0.305 bits per heavy atom. The van der Waals surface area contributed by atoms with Crippen LogP contribution in [0.5, 0.6) is 0 Å². The van der Waals surface area contributed by atoms with Crippen molar-refractivity contribution in [2.24, 2.45) is 0 Å². The second kappa shape index (κ2) is 12.2. The summed E-state index contributed by atoms with van der Waals surface area (Å²) in [5.74, 6) is 0. The lowest BCUT2D eigenvalue weighted by atomic mass is 9.70. The van der Waals surface area contributed by atoms with Crippen molar-refractivity contribution in [3.8, 4) is 33.4 Å². The molecule has 0 amide bonds. The zero-order valence-corrected chi connectivity index (χ0v) is 32.1. The molecule has 0 N–H and O–H groups in total. The van der Waals surface area contributed by atoms with Gasteiger partial charge in [-0.1, -0.05) is 152 Å². The number of para-hydroxylation sites is 1. The van der Waals surface area contributed by atoms with Gasteiger partial charge in [0.2, 0.25) is 0 Å². The minimum atomic E-state index is -0.436. The highest BCUT2D eigenvalue weighted by Crippen LogP contribution is 2.63. The number of anilines is 3. The van der Waals surface area contributed by atoms with E-state index in [2.05, 4.69) is 211 Å². The highest BCUT2D eigenvalue weighted by atomic mass is 16.3. The van der Waals surface area contributed by atoms with Crippen LogP contribution in [0.1, 0.15) is 22.3 Å². The minimum absolute atomic E-state index is 0.436. The van der Waals surface area contributed by atoms with E-state index in [1.54, 1.807) is 0 Å². The molecule has 10 aromatic carbocycles. The minimum Gasteiger partial charge on any atom is -0.456 e. The summed E-state index contributed by atoms with van der Waals surface area (Å²) in [7, 11) is 0. The molecular formula is C57H35NO. The second-order valence-electron chi connectivity index (χ2n) is 16.0. The molecule has 59 heavy (non-hydrogen) atoms. The zero-order chi connectivity index (χ0) is 38.7. The van der Waals surface area contributed by atoms with E-state index in [1.807, 2.05) is 6.07 Å². The fraction of sp³-hybridized carbons (Fsp3) is 0.0175. The molecule has 0 radical (unpaired) electrons. The Labute approximate surface area is 341 Å². The molecule has 1 spiro atoms. The van der Waals surface area contributed by atoms with Gasteiger partial charge < -0.3 is 9.32 Å². The molecule has 0 atom stereocenters. The summed E-state index contributed by atoms with van der Waals surface area (Å²) in [5, 5.41) is 7.13. The highest BCUT2D eigenvalue weighted by molar-refractivity contribution is 6.07. The summed E-state index contributed by atoms with van der Waals surface area (Å²) in [6, 6.07) is 78.2. The third-order valence-corrected chi connectivity index (χ3v) is 13.0. The normalized spacial score (nSPS) is 13.2. The molecule has 0 saturated carbocycles. The summed E-state index contributed by atoms with van der Waals surface area (Å²) in [5.41, 5.74) is 17.6. The van der Waals surface area contributed by atoms with Gasteiger partial charge in [0.1, 0.15) is 11.2 Å². The first kappa shape index (κ1) is 32.4. The lowest BCUT2D eigenvalue weighted by Gasteiger charge is -2.32. The summed E-state index contributed by atoms with van der Waals surface area (Å²) >= 11 is 0. The van der Waals surface area contributed by atoms with Crippen LogP contribution in [0, 0.1) is 0 Å². The molecule has 2 aliphatic carbocycles. The quantitative estimate of drug-likeness (QED) is 0.178. The fourth-order valence-electron chi connectivity index (χ4n) is 10.4. The number of hydrogen-bond acceptors (Lipinski definition) is 2. The largest absolute Gasteiger partial charge is 0.456 e. The van der Waals surface area contributed by atoms with Gasteiger partial charge in [-0.3, -0.25) is 0 Å². The van der Waals surface area contributed by atoms with Crippen LogP contribution in [0.2, 0.25) is 0 Å². The number of furan rings is 1. The molecule has 11 aromatic rings. The number of fused-ring (bicyclic) bond motifs is 15. The van der Waals surface area contributed by atoms with E-state index in [4.69, 9.17) is 4.42 Å². The zero-order valence-electron chi connectivity index (χ0n) is 32.1. The molecule has 1 heterocycles. The van der Waals surface area contributed by atoms with Crippen LogP contribution in [-0.4, -0.2) is 0 Å². The summed E-state index contributed by atoms with van der Waals surface area (Å²) in [6.07, 6.45) is 0. The Morgan fingerprint density at radius 3 is 1.51 bits per heavy atom. The van der Waals surface area contributed by atoms with Crippen molar-refractivity contribution in [3.05, 3.63) is 235 Å². The van der Waals surface area contributed by atoms with Gasteiger partial charge in [-0.2, -0.15) is 0 Å². The highest BCUT2D eigenvalue weighted by Gasteiger charge is 2.51. The van der Waals surface area contributed by atoms with Crippen LogP contribution in [0.4, 0.5) is 17.1 Å². The topological polar surface area (TPSA) is 16.4 Å². The van der Waals surface area contributed by atoms with Gasteiger partial charge in [-0.15, -0.1) is 0 Å². The van der Waals surface area contributed by atoms with Gasteiger partial charge in [0, 0.05) is 27.8 Å². The molecule has 0 saturated heterocycles. The van der Waals surface area contributed by atoms with Crippen molar-refractivity contribution in [1.29, 1.82) is 0 Å². The molecule has 2 heteroatoms. The Hall–Kier alpha value is -7.68. The van der Waals surface area contributed by atoms with Gasteiger partial charge in [-0.25, -0.2) is 0 Å². The van der Waals surface area contributed by atoms with E-state index in [9.17, 15) is 0 Å². The van der Waals surface area contributed by atoms with Crippen LogP contribution in [0.25, 0.3) is 76.9 Å². The Kier molecular flexibility index (Phi) is 6.68. The number of benzene rings is 10. The number of hydrogen-bond donors (Lipinski definition) is 0. The Bertz CT molecular complexity index is 3470. The van der Waals surface area contributed by atoms with Gasteiger partial charge in [0.15, 0.2) is 0 Å². The SMILES string of the molecule is c1ccc2c(c1)-c1ccccc1C21c2ccccc2-c2ccc(N(c3ccc4cc(-c5ccc6ccccc6c5)ccc4c3)c3ccc4oc5ccccc5c4c3)cc21. The average molecular weight is 750 g/mol. The van der Waals surface area contributed by atoms with Crippen LogP contribution >= 0.6 is 0 Å². The van der Waals surface area contributed by atoms with E-state index in [1.165, 1.54) is 77.2 Å². The first-order valence-electron chi connectivity index (χ1n) is 20.4. The van der Waals surface area contributed by atoms with E-state index in [0.717, 1.165) is 39.0 Å². The average Bonchev–Trinajstić information content (AvgIpc) is 3.92. The lowest BCUT2D eigenvalue weighted by Crippen LogP contribution is -2.26. The van der Waals surface area contributed by atoms with Crippen LogP contribution in [0.3, 0.4) is 0 Å². The summed E-state index contributed by atoms with van der Waals surface area (Å²) in [6.45, 7) is 0. The number of nitrogens with zero attached hydrogens (tertiary/aromatic N) is 1. The first-order chi connectivity index (χ1) is 29.2. The van der Waals surface area contributed by atoms with Crippen LogP contribution < -0.4 is 4.90 Å². The second-order valence-corrected chi connectivity index (χ2v) is 16.0. The van der Waals surface area contributed by atoms with Crippen molar-refractivity contribution in [2.45, 2.75) is 5.41 Å². The predicted molar refractivity (Wildman–Crippen MR) is 245 cm³/mol. The molecule has 0 unspecified atom stereocenters. The maximum Gasteiger partial charge on any atom is 0.135 e. The first-order valence-corrected chi connectivity index (χ1v) is 20.4. The van der Waals surface area contributed by atoms with Crippen molar-refractivity contribution in [2.75, 3.05) is 4.90 Å². The van der Waals surface area contributed by atoms with Gasteiger partial charge in [0.05, 0.1) is 5.41 Å². The van der Waals surface area contributed by atoms with Gasteiger partial charge in [-0.05, 0) is 138 Å². The third kappa shape index (κ3) is 4.57. The van der Waals surface area contributed by atoms with E-state index >= 15 is 0 Å². The molecule has 13 rings (SSSR count). The maximum atomic E-state index is 6.34. The maximum absolute atomic E-state index is 6.34. The van der Waals surface area contributed by atoms with E-state index in [0.29, 0.717) is 0 Å². The van der Waals surface area contributed by atoms with Crippen molar-refractivity contribution < 1.29 is 4.42 Å². The van der Waals surface area contributed by atoms with Crippen LogP contribution in [-0.2, 0) is 5.41 Å². The predicted octanol–water partition coefficient (Wildman–Crippen LogP) is 15.4. The molecule has 0 bridgehead atoms. The Balaban J connectivity index is 1.03. The summed E-state index contributed by atoms with van der Waals surface area (Å²) in [4.78, 5) is 2.43. The molecule has 2 nitrogen and oxygen atoms in total. The van der Waals surface area contributed by atoms with E-state index in [-0.39, 0.29) is 0 Å². The molecule has 1 aromatic heterocycles. The van der Waals surface area contributed by atoms with Gasteiger partial charge in [0.25, 0.3) is 0 Å². The fourth-order valence-corrected chi connectivity index (χ4v) is 10.4. The third-order valence-electron chi connectivity index (χ3n) is 13.0. The molecule has 0 aliphatic heterocycles. The monoisotopic (exact) mass is 749 g/mol. The molecule has 2 aliphatic rings.